The zero-order chi connectivity index (χ0) is 38.2. The van der Waals surface area contributed by atoms with E-state index in [4.69, 9.17) is 4.74 Å². The second-order valence-corrected chi connectivity index (χ2v) is 16.4. The molecule has 4 aliphatic rings. The molecular formula is C54H46N2O. The monoisotopic (exact) mass is 738 g/mol. The molecule has 0 amide bonds. The molecule has 7 aromatic rings. The molecule has 0 spiro atoms. The maximum atomic E-state index is 7.17. The largest absolute Gasteiger partial charge is 0.456 e. The lowest BCUT2D eigenvalue weighted by Crippen LogP contribution is -2.34. The summed E-state index contributed by atoms with van der Waals surface area (Å²) in [4.78, 5) is 2.72. The van der Waals surface area contributed by atoms with Crippen molar-refractivity contribution in [3.63, 3.8) is 0 Å². The zero-order valence-corrected chi connectivity index (χ0v) is 32.9. The number of fused-ring (bicyclic) bond motifs is 8. The number of anilines is 1. The van der Waals surface area contributed by atoms with E-state index < -0.39 is 0 Å². The highest BCUT2D eigenvalue weighted by molar-refractivity contribution is 6.12. The number of nitrogens with zero attached hydrogens (tertiary/aromatic N) is 2. The molecule has 1 aliphatic heterocycles. The first-order valence-corrected chi connectivity index (χ1v) is 20.7. The third-order valence-electron chi connectivity index (χ3n) is 12.8. The lowest BCUT2D eigenvalue weighted by atomic mass is 9.87. The molecule has 0 fully saturated rings. The predicted octanol–water partition coefficient (Wildman–Crippen LogP) is 13.9. The molecule has 3 nitrogen and oxygen atoms in total. The zero-order valence-electron chi connectivity index (χ0n) is 32.9. The average molecular weight is 739 g/mol. The summed E-state index contributed by atoms with van der Waals surface area (Å²) >= 11 is 0. The van der Waals surface area contributed by atoms with Crippen molar-refractivity contribution in [2.75, 3.05) is 4.90 Å². The summed E-state index contributed by atoms with van der Waals surface area (Å²) in [5, 5.41) is 2.41. The number of ether oxygens (including phenoxy) is 1. The van der Waals surface area contributed by atoms with E-state index in [2.05, 4.69) is 182 Å². The number of hydrogen-bond acceptors (Lipinski definition) is 2. The molecule has 6 aromatic carbocycles. The Morgan fingerprint density at radius 2 is 1.42 bits per heavy atom. The molecule has 2 unspecified atom stereocenters. The molecule has 57 heavy (non-hydrogen) atoms. The van der Waals surface area contributed by atoms with Crippen LogP contribution in [0.2, 0.25) is 0 Å². The average Bonchev–Trinajstić information content (AvgIpc) is 3.86. The van der Waals surface area contributed by atoms with Crippen LogP contribution in [-0.2, 0) is 6.42 Å². The van der Waals surface area contributed by atoms with Gasteiger partial charge >= 0.3 is 0 Å². The van der Waals surface area contributed by atoms with E-state index in [1.54, 1.807) is 0 Å². The topological polar surface area (TPSA) is 17.4 Å². The Bertz CT molecular complexity index is 2880. The van der Waals surface area contributed by atoms with Gasteiger partial charge in [-0.2, -0.15) is 0 Å². The van der Waals surface area contributed by atoms with Crippen molar-refractivity contribution in [3.8, 4) is 22.6 Å². The summed E-state index contributed by atoms with van der Waals surface area (Å²) in [7, 11) is 0. The van der Waals surface area contributed by atoms with E-state index in [1.807, 2.05) is 0 Å². The lowest BCUT2D eigenvalue weighted by molar-refractivity contribution is 0.488. The fourth-order valence-electron chi connectivity index (χ4n) is 10.7. The molecule has 3 aliphatic carbocycles. The first-order valence-electron chi connectivity index (χ1n) is 20.7. The minimum absolute atomic E-state index is 0.225. The Hall–Kier alpha value is -6.32. The van der Waals surface area contributed by atoms with Crippen LogP contribution in [-0.4, -0.2) is 10.6 Å². The molecule has 3 heteroatoms. The summed E-state index contributed by atoms with van der Waals surface area (Å²) in [6.45, 7) is 6.81. The predicted molar refractivity (Wildman–Crippen MR) is 237 cm³/mol. The Labute approximate surface area is 335 Å². The quantitative estimate of drug-likeness (QED) is 0.169. The molecule has 1 aromatic heterocycles. The van der Waals surface area contributed by atoms with Crippen LogP contribution in [0.15, 0.2) is 169 Å². The molecule has 0 bridgehead atoms. The summed E-state index contributed by atoms with van der Waals surface area (Å²) in [6, 6.07) is 46.9. The molecule has 0 saturated heterocycles. The van der Waals surface area contributed by atoms with Crippen LogP contribution < -0.4 is 9.64 Å². The van der Waals surface area contributed by atoms with Crippen LogP contribution in [0, 0.1) is 20.8 Å². The van der Waals surface area contributed by atoms with Crippen molar-refractivity contribution in [3.05, 3.63) is 202 Å². The number of benzene rings is 6. The van der Waals surface area contributed by atoms with Crippen LogP contribution in [0.1, 0.15) is 65.1 Å². The number of para-hydroxylation sites is 1. The molecule has 2 atom stereocenters. The normalized spacial score (nSPS) is 18.9. The van der Waals surface area contributed by atoms with Gasteiger partial charge in [-0.1, -0.05) is 133 Å². The maximum Gasteiger partial charge on any atom is 0.137 e. The van der Waals surface area contributed by atoms with Crippen LogP contribution in [0.3, 0.4) is 0 Å². The summed E-state index contributed by atoms with van der Waals surface area (Å²) in [6.07, 6.45) is 15.0. The smallest absolute Gasteiger partial charge is 0.137 e. The molecule has 0 saturated carbocycles. The van der Waals surface area contributed by atoms with Crippen molar-refractivity contribution in [2.45, 2.75) is 65.0 Å². The van der Waals surface area contributed by atoms with Gasteiger partial charge in [0.1, 0.15) is 11.5 Å². The Kier molecular flexibility index (Phi) is 8.00. The van der Waals surface area contributed by atoms with E-state index >= 15 is 0 Å². The van der Waals surface area contributed by atoms with Crippen LogP contribution >= 0.6 is 0 Å². The fourth-order valence-corrected chi connectivity index (χ4v) is 10.7. The second kappa shape index (κ2) is 13.4. The Balaban J connectivity index is 1.01. The van der Waals surface area contributed by atoms with Crippen molar-refractivity contribution < 1.29 is 4.74 Å². The number of aryl methyl sites for hydroxylation is 3. The van der Waals surface area contributed by atoms with Crippen LogP contribution in [0.25, 0.3) is 38.5 Å². The summed E-state index contributed by atoms with van der Waals surface area (Å²) < 4.78 is 9.77. The van der Waals surface area contributed by atoms with E-state index in [1.165, 1.54) is 94.4 Å². The number of aromatic nitrogens is 1. The number of hydrogen-bond donors (Lipinski definition) is 0. The third-order valence-corrected chi connectivity index (χ3v) is 12.8. The minimum atomic E-state index is 0.225. The van der Waals surface area contributed by atoms with Gasteiger partial charge < -0.3 is 14.2 Å². The van der Waals surface area contributed by atoms with Crippen molar-refractivity contribution >= 4 is 33.1 Å². The highest BCUT2D eigenvalue weighted by atomic mass is 16.5. The Morgan fingerprint density at radius 1 is 0.702 bits per heavy atom. The number of allylic oxidation sites excluding steroid dienone is 5. The van der Waals surface area contributed by atoms with Gasteiger partial charge in [0.2, 0.25) is 0 Å². The van der Waals surface area contributed by atoms with E-state index in [0.717, 1.165) is 43.6 Å². The van der Waals surface area contributed by atoms with Gasteiger partial charge in [0.15, 0.2) is 0 Å². The SMILES string of the molecule is Cc1cc(C)c(N2C3=C(C=CCC3)C3=CC(n4c5ccccc5c5c(Oc6cccc7c6-c6ccccc6/C7=C\Cc6ccccc6)cccc54)CCC32)c(C)c1. The molecule has 0 N–H and O–H groups in total. The van der Waals surface area contributed by atoms with Gasteiger partial charge in [-0.25, -0.2) is 0 Å². The van der Waals surface area contributed by atoms with Crippen molar-refractivity contribution in [2.24, 2.45) is 0 Å². The van der Waals surface area contributed by atoms with E-state index in [0.29, 0.717) is 6.04 Å². The first kappa shape index (κ1) is 34.0. The molecule has 0 radical (unpaired) electrons. The Morgan fingerprint density at radius 3 is 2.28 bits per heavy atom. The summed E-state index contributed by atoms with van der Waals surface area (Å²) in [5.74, 6) is 1.79. The van der Waals surface area contributed by atoms with Crippen LogP contribution in [0.4, 0.5) is 5.69 Å². The van der Waals surface area contributed by atoms with Gasteiger partial charge in [-0.15, -0.1) is 0 Å². The van der Waals surface area contributed by atoms with Crippen molar-refractivity contribution in [1.82, 2.24) is 4.57 Å². The highest BCUT2D eigenvalue weighted by Crippen LogP contribution is 2.52. The second-order valence-electron chi connectivity index (χ2n) is 16.4. The molecular weight excluding hydrogens is 693 g/mol. The molecule has 2 heterocycles. The van der Waals surface area contributed by atoms with E-state index in [-0.39, 0.29) is 6.04 Å². The van der Waals surface area contributed by atoms with Gasteiger partial charge in [-0.3, -0.25) is 0 Å². The van der Waals surface area contributed by atoms with Gasteiger partial charge in [0, 0.05) is 27.9 Å². The van der Waals surface area contributed by atoms with E-state index in [9.17, 15) is 0 Å². The number of rotatable bonds is 6. The van der Waals surface area contributed by atoms with Crippen LogP contribution in [0.5, 0.6) is 11.5 Å². The third kappa shape index (κ3) is 5.40. The first-order chi connectivity index (χ1) is 28.0. The fraction of sp³-hybridized carbons (Fsp3) is 0.185. The molecule has 278 valence electrons. The minimum Gasteiger partial charge on any atom is -0.456 e. The standard InChI is InChI=1S/C54H46N2O/c1-34-31-35(2)54(36(3)32-34)56-46-22-11-9-18-41(46)45-33-38(28-30-48(45)56)55-47-23-12-10-20-44(47)53-49(55)24-14-26-51(53)57-50-25-13-21-43-40(29-27-37-15-5-4-6-16-37)39-17-7-8-19-42(39)52(43)50/h4-10,12-21,23-26,29,31-33,38,48H,11,22,27-28,30H2,1-3H3/b40-29+. The molecule has 11 rings (SSSR count). The summed E-state index contributed by atoms with van der Waals surface area (Å²) in [5.41, 5.74) is 19.9. The van der Waals surface area contributed by atoms with Gasteiger partial charge in [-0.05, 0) is 127 Å². The van der Waals surface area contributed by atoms with Crippen molar-refractivity contribution in [1.29, 1.82) is 0 Å². The van der Waals surface area contributed by atoms with Gasteiger partial charge in [0.05, 0.1) is 23.0 Å². The lowest BCUT2D eigenvalue weighted by Gasteiger charge is -2.36. The highest BCUT2D eigenvalue weighted by Gasteiger charge is 2.41. The van der Waals surface area contributed by atoms with Gasteiger partial charge in [0.25, 0.3) is 0 Å². The maximum absolute atomic E-state index is 7.17.